The SMILES string of the molecule is CC1=C2[C@@H](OC1=O)[C@@H](O)[C@@H]1[C@@]3(C)CCCC(C)(C)[C@@H]3CC[C@@]1(O)[C@H]2O. The molecule has 0 aromatic heterocycles. The van der Waals surface area contributed by atoms with Crippen molar-refractivity contribution in [1.82, 2.24) is 0 Å². The molecule has 7 atom stereocenters. The van der Waals surface area contributed by atoms with Gasteiger partial charge in [0, 0.05) is 17.1 Å². The average Bonchev–Trinajstić information content (AvgIpc) is 2.80. The van der Waals surface area contributed by atoms with Gasteiger partial charge in [-0.25, -0.2) is 4.79 Å². The number of aliphatic hydroxyl groups is 3. The van der Waals surface area contributed by atoms with Gasteiger partial charge in [0.2, 0.25) is 0 Å². The van der Waals surface area contributed by atoms with Crippen LogP contribution in [0.4, 0.5) is 0 Å². The van der Waals surface area contributed by atoms with Crippen molar-refractivity contribution in [2.45, 2.75) is 83.7 Å². The molecule has 0 unspecified atom stereocenters. The normalized spacial score (nSPS) is 51.5. The molecule has 0 aromatic carbocycles. The lowest BCUT2D eigenvalue weighted by Gasteiger charge is -2.65. The Hall–Kier alpha value is -0.910. The van der Waals surface area contributed by atoms with E-state index in [0.29, 0.717) is 23.5 Å². The fourth-order valence-corrected chi connectivity index (χ4v) is 7.01. The Bertz CT molecular complexity index is 652. The van der Waals surface area contributed by atoms with E-state index in [4.69, 9.17) is 4.74 Å². The molecule has 3 saturated carbocycles. The fourth-order valence-electron chi connectivity index (χ4n) is 7.01. The molecular weight excluding hydrogens is 320 g/mol. The lowest BCUT2D eigenvalue weighted by molar-refractivity contribution is -0.259. The summed E-state index contributed by atoms with van der Waals surface area (Å²) in [6.07, 6.45) is 1.40. The molecule has 1 aliphatic heterocycles. The van der Waals surface area contributed by atoms with Gasteiger partial charge in [-0.05, 0) is 49.4 Å². The Kier molecular flexibility index (Phi) is 3.56. The molecule has 5 nitrogen and oxygen atoms in total. The Balaban J connectivity index is 1.84. The number of ether oxygens (including phenoxy) is 1. The minimum Gasteiger partial charge on any atom is -0.452 e. The number of carbonyl (C=O) groups is 1. The number of hydrogen-bond acceptors (Lipinski definition) is 5. The van der Waals surface area contributed by atoms with E-state index in [-0.39, 0.29) is 10.8 Å². The average molecular weight is 350 g/mol. The molecule has 3 fully saturated rings. The summed E-state index contributed by atoms with van der Waals surface area (Å²) < 4.78 is 5.40. The van der Waals surface area contributed by atoms with Crippen LogP contribution in [0.15, 0.2) is 11.1 Å². The van der Waals surface area contributed by atoms with Gasteiger partial charge < -0.3 is 20.1 Å². The first-order chi connectivity index (χ1) is 11.5. The third-order valence-corrected chi connectivity index (χ3v) is 8.06. The van der Waals surface area contributed by atoms with Crippen LogP contribution in [0.1, 0.15) is 59.8 Å². The van der Waals surface area contributed by atoms with E-state index in [0.717, 1.165) is 25.7 Å². The molecule has 0 aromatic rings. The maximum atomic E-state index is 12.0. The first-order valence-corrected chi connectivity index (χ1v) is 9.54. The van der Waals surface area contributed by atoms with Crippen LogP contribution in [0.25, 0.3) is 0 Å². The maximum Gasteiger partial charge on any atom is 0.334 e. The van der Waals surface area contributed by atoms with Gasteiger partial charge in [-0.2, -0.15) is 0 Å². The van der Waals surface area contributed by atoms with Gasteiger partial charge in [-0.1, -0.05) is 27.2 Å². The third-order valence-electron chi connectivity index (χ3n) is 8.06. The lowest BCUT2D eigenvalue weighted by atomic mass is 9.42. The molecule has 0 saturated heterocycles. The predicted octanol–water partition coefficient (Wildman–Crippen LogP) is 1.94. The van der Waals surface area contributed by atoms with Gasteiger partial charge in [-0.3, -0.25) is 0 Å². The number of esters is 1. The van der Waals surface area contributed by atoms with E-state index in [1.54, 1.807) is 6.92 Å². The molecular formula is C20H30O5. The Morgan fingerprint density at radius 2 is 1.80 bits per heavy atom. The number of rotatable bonds is 0. The summed E-state index contributed by atoms with van der Waals surface area (Å²) in [7, 11) is 0. The molecule has 0 spiro atoms. The summed E-state index contributed by atoms with van der Waals surface area (Å²) in [5.41, 5.74) is -0.840. The monoisotopic (exact) mass is 350 g/mol. The topological polar surface area (TPSA) is 87.0 Å². The smallest absolute Gasteiger partial charge is 0.334 e. The second-order valence-corrected chi connectivity index (χ2v) is 9.71. The quantitative estimate of drug-likeness (QED) is 0.581. The van der Waals surface area contributed by atoms with Crippen molar-refractivity contribution in [2.75, 3.05) is 0 Å². The standard InChI is InChI=1S/C20H30O5/c1-10-12-14(25-17(10)23)13(21)15-19(4)8-5-7-18(2,3)11(19)6-9-20(15,24)16(12)22/h11,13-16,21-22,24H,5-9H2,1-4H3/t11-,13+,14+,15+,16-,19-,20-/m0/s1. The van der Waals surface area contributed by atoms with Crippen LogP contribution >= 0.6 is 0 Å². The number of fused-ring (bicyclic) bond motifs is 4. The van der Waals surface area contributed by atoms with Crippen LogP contribution < -0.4 is 0 Å². The van der Waals surface area contributed by atoms with Gasteiger partial charge in [-0.15, -0.1) is 0 Å². The number of carbonyl (C=O) groups excluding carboxylic acids is 1. The van der Waals surface area contributed by atoms with Crippen LogP contribution in [0, 0.1) is 22.7 Å². The molecule has 0 bridgehead atoms. The predicted molar refractivity (Wildman–Crippen MR) is 91.5 cm³/mol. The minimum absolute atomic E-state index is 0.136. The Morgan fingerprint density at radius 1 is 1.12 bits per heavy atom. The summed E-state index contributed by atoms with van der Waals surface area (Å²) in [6.45, 7) is 8.31. The highest BCUT2D eigenvalue weighted by atomic mass is 16.6. The van der Waals surface area contributed by atoms with Crippen molar-refractivity contribution in [3.8, 4) is 0 Å². The zero-order chi connectivity index (χ0) is 18.4. The van der Waals surface area contributed by atoms with Crippen molar-refractivity contribution in [3.05, 3.63) is 11.1 Å². The molecule has 25 heavy (non-hydrogen) atoms. The van der Waals surface area contributed by atoms with Gasteiger partial charge in [0.15, 0.2) is 6.10 Å². The van der Waals surface area contributed by atoms with Crippen LogP contribution in [0.2, 0.25) is 0 Å². The van der Waals surface area contributed by atoms with Gasteiger partial charge >= 0.3 is 5.97 Å². The zero-order valence-electron chi connectivity index (χ0n) is 15.6. The van der Waals surface area contributed by atoms with Gasteiger partial charge in [0.05, 0.1) is 0 Å². The first kappa shape index (κ1) is 17.5. The zero-order valence-corrected chi connectivity index (χ0v) is 15.6. The molecule has 1 heterocycles. The van der Waals surface area contributed by atoms with Gasteiger partial charge in [0.1, 0.15) is 17.8 Å². The van der Waals surface area contributed by atoms with E-state index in [1.165, 1.54) is 0 Å². The summed E-state index contributed by atoms with van der Waals surface area (Å²) in [5, 5.41) is 33.8. The van der Waals surface area contributed by atoms with E-state index >= 15 is 0 Å². The molecule has 3 aliphatic carbocycles. The van der Waals surface area contributed by atoms with Crippen molar-refractivity contribution in [2.24, 2.45) is 22.7 Å². The Morgan fingerprint density at radius 3 is 2.48 bits per heavy atom. The molecule has 4 aliphatic rings. The first-order valence-electron chi connectivity index (χ1n) is 9.54. The van der Waals surface area contributed by atoms with E-state index in [1.807, 2.05) is 0 Å². The summed E-state index contributed by atoms with van der Waals surface area (Å²) in [4.78, 5) is 12.0. The second kappa shape index (κ2) is 5.08. The van der Waals surface area contributed by atoms with Crippen LogP contribution in [-0.2, 0) is 9.53 Å². The van der Waals surface area contributed by atoms with Crippen molar-refractivity contribution >= 4 is 5.97 Å². The minimum atomic E-state index is -1.40. The van der Waals surface area contributed by atoms with Gasteiger partial charge in [0.25, 0.3) is 0 Å². The lowest BCUT2D eigenvalue weighted by Crippen LogP contribution is -2.71. The number of aliphatic hydroxyl groups excluding tert-OH is 2. The molecule has 4 rings (SSSR count). The molecule has 140 valence electrons. The maximum absolute atomic E-state index is 12.0. The van der Waals surface area contributed by atoms with Crippen LogP contribution in [0.5, 0.6) is 0 Å². The molecule has 0 amide bonds. The fraction of sp³-hybridized carbons (Fsp3) is 0.850. The molecule has 5 heteroatoms. The van der Waals surface area contributed by atoms with Crippen LogP contribution in [0.3, 0.4) is 0 Å². The van der Waals surface area contributed by atoms with E-state index in [2.05, 4.69) is 20.8 Å². The largest absolute Gasteiger partial charge is 0.452 e. The number of hydrogen-bond donors (Lipinski definition) is 3. The summed E-state index contributed by atoms with van der Waals surface area (Å²) >= 11 is 0. The summed E-state index contributed by atoms with van der Waals surface area (Å²) in [5.74, 6) is -0.628. The highest BCUT2D eigenvalue weighted by Gasteiger charge is 2.69. The highest BCUT2D eigenvalue weighted by Crippen LogP contribution is 2.65. The van der Waals surface area contributed by atoms with E-state index < -0.39 is 35.8 Å². The van der Waals surface area contributed by atoms with Crippen LogP contribution in [-0.4, -0.2) is 45.2 Å². The van der Waals surface area contributed by atoms with E-state index in [9.17, 15) is 20.1 Å². The van der Waals surface area contributed by atoms with Crippen molar-refractivity contribution < 1.29 is 24.9 Å². The summed E-state index contributed by atoms with van der Waals surface area (Å²) in [6, 6.07) is 0. The third kappa shape index (κ3) is 2.03. The highest BCUT2D eigenvalue weighted by molar-refractivity contribution is 5.92. The van der Waals surface area contributed by atoms with Crippen molar-refractivity contribution in [3.63, 3.8) is 0 Å². The van der Waals surface area contributed by atoms with Crippen molar-refractivity contribution in [1.29, 1.82) is 0 Å². The Labute approximate surface area is 149 Å². The molecule has 0 radical (unpaired) electrons. The molecule has 3 N–H and O–H groups in total. The second-order valence-electron chi connectivity index (χ2n) is 9.71.